The Labute approximate surface area is 98.8 Å². The fourth-order valence-corrected chi connectivity index (χ4v) is 1.48. The van der Waals surface area contributed by atoms with Crippen molar-refractivity contribution in [1.29, 1.82) is 0 Å². The van der Waals surface area contributed by atoms with Gasteiger partial charge in [0.05, 0.1) is 0 Å². The average molecular weight is 252 g/mol. The fraction of sp³-hybridized carbons (Fsp3) is 0. The van der Waals surface area contributed by atoms with Crippen molar-refractivity contribution in [1.82, 2.24) is 9.46 Å². The zero-order valence-electron chi connectivity index (χ0n) is 8.81. The average Bonchev–Trinajstić information content (AvgIpc) is 2.33. The Balaban J connectivity index is 2.94. The van der Waals surface area contributed by atoms with Gasteiger partial charge in [-0.3, -0.25) is 9.59 Å². The number of aromatic hydroxyl groups is 2. The summed E-state index contributed by atoms with van der Waals surface area (Å²) >= 11 is 0. The van der Waals surface area contributed by atoms with E-state index in [4.69, 9.17) is 0 Å². The van der Waals surface area contributed by atoms with E-state index in [2.05, 4.69) is 0 Å². The lowest BCUT2D eigenvalue weighted by Gasteiger charge is -2.12. The quantitative estimate of drug-likeness (QED) is 0.510. The van der Waals surface area contributed by atoms with E-state index in [1.54, 1.807) is 0 Å². The Morgan fingerprint density at radius 3 is 1.44 bits per heavy atom. The highest BCUT2D eigenvalue weighted by molar-refractivity contribution is 5.68. The van der Waals surface area contributed by atoms with Gasteiger partial charge in [0.2, 0.25) is 10.9 Å². The number of rotatable bonds is 1. The molecule has 2 aromatic heterocycles. The van der Waals surface area contributed by atoms with Crippen molar-refractivity contribution in [2.45, 2.75) is 0 Å². The Hall–Kier alpha value is -2.90. The molecule has 8 nitrogen and oxygen atoms in total. The molecule has 2 rings (SSSR count). The van der Waals surface area contributed by atoms with Crippen molar-refractivity contribution < 1.29 is 20.6 Å². The van der Waals surface area contributed by atoms with Crippen LogP contribution in [0.4, 0.5) is 0 Å². The lowest BCUT2D eigenvalue weighted by atomic mass is 10.2. The maximum atomic E-state index is 11.2. The van der Waals surface area contributed by atoms with Crippen LogP contribution < -0.4 is 10.9 Å². The second-order valence-corrected chi connectivity index (χ2v) is 3.44. The first-order valence-corrected chi connectivity index (χ1v) is 4.71. The minimum Gasteiger partial charge on any atom is -0.503 e. The van der Waals surface area contributed by atoms with Gasteiger partial charge in [0.25, 0.3) is 0 Å². The molecule has 0 saturated carbocycles. The van der Waals surface area contributed by atoms with Gasteiger partial charge in [0, 0.05) is 24.5 Å². The second kappa shape index (κ2) is 3.84. The van der Waals surface area contributed by atoms with Gasteiger partial charge in [-0.2, -0.15) is 9.46 Å². The number of aromatic nitrogens is 2. The summed E-state index contributed by atoms with van der Waals surface area (Å²) in [5.74, 6) is -1.83. The van der Waals surface area contributed by atoms with Crippen LogP contribution in [0.2, 0.25) is 0 Å². The van der Waals surface area contributed by atoms with Crippen molar-refractivity contribution in [2.75, 3.05) is 0 Å². The lowest BCUT2D eigenvalue weighted by molar-refractivity contribution is 0.168. The van der Waals surface area contributed by atoms with Crippen molar-refractivity contribution in [3.63, 3.8) is 0 Å². The van der Waals surface area contributed by atoms with Crippen LogP contribution in [0.15, 0.2) is 34.1 Å². The second-order valence-electron chi connectivity index (χ2n) is 3.44. The monoisotopic (exact) mass is 252 g/mol. The van der Waals surface area contributed by atoms with Crippen LogP contribution in [0.3, 0.4) is 0 Å². The summed E-state index contributed by atoms with van der Waals surface area (Å²) in [4.78, 5) is 22.5. The summed E-state index contributed by atoms with van der Waals surface area (Å²) < 4.78 is 0.607. The molecule has 2 heterocycles. The summed E-state index contributed by atoms with van der Waals surface area (Å²) in [6, 6.07) is 1.75. The highest BCUT2D eigenvalue weighted by atomic mass is 16.5. The van der Waals surface area contributed by atoms with Crippen molar-refractivity contribution in [2.24, 2.45) is 0 Å². The fourth-order valence-electron chi connectivity index (χ4n) is 1.48. The molecule has 0 aliphatic carbocycles. The normalized spacial score (nSPS) is 10.4. The highest BCUT2D eigenvalue weighted by Gasteiger charge is 2.21. The third kappa shape index (κ3) is 1.56. The van der Waals surface area contributed by atoms with E-state index in [1.165, 1.54) is 0 Å². The van der Waals surface area contributed by atoms with Gasteiger partial charge in [-0.1, -0.05) is 0 Å². The topological polar surface area (TPSA) is 125 Å². The van der Waals surface area contributed by atoms with Gasteiger partial charge in [-0.15, -0.1) is 0 Å². The Bertz CT molecular complexity index is 667. The van der Waals surface area contributed by atoms with Gasteiger partial charge in [-0.05, 0) is 0 Å². The van der Waals surface area contributed by atoms with Gasteiger partial charge in [0.1, 0.15) is 0 Å². The molecule has 2 aromatic rings. The Kier molecular flexibility index (Phi) is 2.47. The van der Waals surface area contributed by atoms with Crippen LogP contribution in [0, 0.1) is 0 Å². The summed E-state index contributed by atoms with van der Waals surface area (Å²) in [6.07, 6.45) is 1.79. The molecule has 0 aromatic carbocycles. The minimum atomic E-state index is -0.913. The molecule has 0 spiro atoms. The minimum absolute atomic E-state index is 0.304. The molecule has 0 aliphatic rings. The summed E-state index contributed by atoms with van der Waals surface area (Å²) in [5, 5.41) is 38.1. The zero-order chi connectivity index (χ0) is 13.4. The van der Waals surface area contributed by atoms with E-state index in [0.29, 0.717) is 9.46 Å². The lowest BCUT2D eigenvalue weighted by Crippen LogP contribution is -2.14. The third-order valence-corrected chi connectivity index (χ3v) is 2.33. The van der Waals surface area contributed by atoms with E-state index in [0.717, 1.165) is 24.5 Å². The molecule has 0 aliphatic heterocycles. The van der Waals surface area contributed by atoms with Gasteiger partial charge < -0.3 is 20.6 Å². The molecule has 4 N–H and O–H groups in total. The molecule has 94 valence electrons. The Morgan fingerprint density at radius 2 is 1.11 bits per heavy atom. The molecular formula is C10H8N2O6. The Morgan fingerprint density at radius 1 is 0.778 bits per heavy atom. The smallest absolute Gasteiger partial charge is 0.224 e. The van der Waals surface area contributed by atoms with Gasteiger partial charge in [0.15, 0.2) is 22.9 Å². The van der Waals surface area contributed by atoms with Crippen molar-refractivity contribution in [3.05, 3.63) is 45.0 Å². The van der Waals surface area contributed by atoms with E-state index < -0.39 is 33.7 Å². The molecule has 0 amide bonds. The first kappa shape index (κ1) is 11.6. The maximum absolute atomic E-state index is 11.2. The number of hydrogen-bond acceptors (Lipinski definition) is 6. The predicted octanol–water partition coefficient (Wildman–Crippen LogP) is -0.437. The highest BCUT2D eigenvalue weighted by Crippen LogP contribution is 2.29. The summed E-state index contributed by atoms with van der Waals surface area (Å²) in [6.45, 7) is 0. The van der Waals surface area contributed by atoms with Gasteiger partial charge in [-0.25, -0.2) is 0 Å². The third-order valence-electron chi connectivity index (χ3n) is 2.33. The van der Waals surface area contributed by atoms with Crippen molar-refractivity contribution in [3.8, 4) is 22.9 Å². The van der Waals surface area contributed by atoms with E-state index >= 15 is 0 Å². The van der Waals surface area contributed by atoms with E-state index in [-0.39, 0.29) is 0 Å². The summed E-state index contributed by atoms with van der Waals surface area (Å²) in [5.41, 5.74) is -2.88. The van der Waals surface area contributed by atoms with Crippen LogP contribution in [0.25, 0.3) is 11.4 Å². The largest absolute Gasteiger partial charge is 0.503 e. The standard InChI is InChI=1S/C10H8N2O6/c13-5-1-3-11(17)7(9(5)15)8-10(16)6(14)2-4-12(8)18/h1-4,15-18H. The molecule has 0 saturated heterocycles. The number of pyridine rings is 2. The number of nitrogens with zero attached hydrogens (tertiary/aromatic N) is 2. The molecule has 0 radical (unpaired) electrons. The summed E-state index contributed by atoms with van der Waals surface area (Å²) in [7, 11) is 0. The number of hydrogen-bond donors (Lipinski definition) is 4. The van der Waals surface area contributed by atoms with Gasteiger partial charge >= 0.3 is 0 Å². The van der Waals surface area contributed by atoms with E-state index in [9.17, 15) is 30.2 Å². The van der Waals surface area contributed by atoms with Crippen LogP contribution in [-0.2, 0) is 0 Å². The molecule has 0 bridgehead atoms. The SMILES string of the molecule is O=c1ccn(O)c(-c2c(O)c(=O)ccn2O)c1O. The molecule has 0 fully saturated rings. The van der Waals surface area contributed by atoms with Crippen molar-refractivity contribution >= 4 is 0 Å². The van der Waals surface area contributed by atoms with Crippen LogP contribution >= 0.6 is 0 Å². The van der Waals surface area contributed by atoms with E-state index in [1.807, 2.05) is 0 Å². The predicted molar refractivity (Wildman–Crippen MR) is 58.1 cm³/mol. The molecule has 0 atom stereocenters. The van der Waals surface area contributed by atoms with Crippen LogP contribution in [-0.4, -0.2) is 30.1 Å². The molecule has 18 heavy (non-hydrogen) atoms. The molecule has 8 heteroatoms. The van der Waals surface area contributed by atoms with Crippen LogP contribution in [0.1, 0.15) is 0 Å². The maximum Gasteiger partial charge on any atom is 0.224 e. The first-order chi connectivity index (χ1) is 8.43. The zero-order valence-corrected chi connectivity index (χ0v) is 8.81. The molecule has 0 unspecified atom stereocenters. The first-order valence-electron chi connectivity index (χ1n) is 4.71. The van der Waals surface area contributed by atoms with Crippen LogP contribution in [0.5, 0.6) is 11.5 Å². The molecular weight excluding hydrogens is 244 g/mol.